The summed E-state index contributed by atoms with van der Waals surface area (Å²) >= 11 is 0. The highest BCUT2D eigenvalue weighted by molar-refractivity contribution is 5.92. The molecule has 2 N–H and O–H groups in total. The van der Waals surface area contributed by atoms with Gasteiger partial charge in [0.25, 0.3) is 11.6 Å². The highest BCUT2D eigenvalue weighted by Gasteiger charge is 2.21. The van der Waals surface area contributed by atoms with Crippen molar-refractivity contribution < 1.29 is 19.2 Å². The molecule has 0 bridgehead atoms. The van der Waals surface area contributed by atoms with E-state index in [9.17, 15) is 19.7 Å². The number of nitrogens with zero attached hydrogens (tertiary/aromatic N) is 2. The molecular formula is C18H19N3O5. The molecule has 8 heteroatoms. The number of benzene rings is 2. The second-order valence-corrected chi connectivity index (χ2v) is 5.70. The van der Waals surface area contributed by atoms with Crippen molar-refractivity contribution in [2.75, 3.05) is 19.4 Å². The second-order valence-electron chi connectivity index (χ2n) is 5.70. The number of hydrogen-bond acceptors (Lipinski definition) is 6. The quantitative estimate of drug-likeness (QED) is 0.368. The number of nitro groups is 1. The monoisotopic (exact) mass is 357 g/mol. The molecular weight excluding hydrogens is 338 g/mol. The van der Waals surface area contributed by atoms with E-state index in [-0.39, 0.29) is 28.9 Å². The molecule has 0 heterocycles. The van der Waals surface area contributed by atoms with Gasteiger partial charge in [0.1, 0.15) is 5.69 Å². The van der Waals surface area contributed by atoms with Crippen LogP contribution in [-0.4, -0.2) is 35.4 Å². The molecule has 1 amide bonds. The maximum Gasteiger partial charge on any atom is 0.338 e. The number of esters is 1. The molecule has 2 aromatic carbocycles. The van der Waals surface area contributed by atoms with Crippen molar-refractivity contribution in [1.82, 2.24) is 4.90 Å². The molecule has 0 aliphatic carbocycles. The number of carbonyl (C=O) groups is 2. The maximum atomic E-state index is 12.2. The number of ether oxygens (including phenoxy) is 1. The molecule has 8 nitrogen and oxygen atoms in total. The normalized spacial score (nSPS) is 11.5. The summed E-state index contributed by atoms with van der Waals surface area (Å²) in [6, 6.07) is 12.8. The minimum Gasteiger partial charge on any atom is -0.452 e. The Bertz CT molecular complexity index is 823. The van der Waals surface area contributed by atoms with Gasteiger partial charge in [-0.05, 0) is 24.6 Å². The predicted molar refractivity (Wildman–Crippen MR) is 95.4 cm³/mol. The van der Waals surface area contributed by atoms with Crippen LogP contribution in [0.25, 0.3) is 0 Å². The smallest absolute Gasteiger partial charge is 0.338 e. The number of carbonyl (C=O) groups excluding carboxylic acids is 2. The fourth-order valence-corrected chi connectivity index (χ4v) is 2.31. The molecule has 0 radical (unpaired) electrons. The Morgan fingerprint density at radius 2 is 1.88 bits per heavy atom. The average molecular weight is 357 g/mol. The van der Waals surface area contributed by atoms with Crippen LogP contribution in [0, 0.1) is 10.1 Å². The molecule has 136 valence electrons. The Morgan fingerprint density at radius 3 is 2.50 bits per heavy atom. The molecule has 0 spiro atoms. The Morgan fingerprint density at radius 1 is 1.23 bits per heavy atom. The number of rotatable bonds is 6. The van der Waals surface area contributed by atoms with Gasteiger partial charge in [-0.25, -0.2) is 4.79 Å². The van der Waals surface area contributed by atoms with E-state index in [4.69, 9.17) is 10.5 Å². The molecule has 0 saturated heterocycles. The van der Waals surface area contributed by atoms with Crippen LogP contribution in [0.4, 0.5) is 11.4 Å². The van der Waals surface area contributed by atoms with Gasteiger partial charge < -0.3 is 15.4 Å². The van der Waals surface area contributed by atoms with Crippen molar-refractivity contribution in [3.8, 4) is 0 Å². The third kappa shape index (κ3) is 4.35. The number of amides is 1. The molecule has 2 rings (SSSR count). The fourth-order valence-electron chi connectivity index (χ4n) is 2.31. The van der Waals surface area contributed by atoms with Crippen LogP contribution in [0.3, 0.4) is 0 Å². The van der Waals surface area contributed by atoms with Gasteiger partial charge in [0.2, 0.25) is 0 Å². The van der Waals surface area contributed by atoms with E-state index in [1.165, 1.54) is 17.0 Å². The zero-order chi connectivity index (χ0) is 19.3. The second kappa shape index (κ2) is 8.11. The van der Waals surface area contributed by atoms with Crippen molar-refractivity contribution in [3.05, 3.63) is 69.8 Å². The summed E-state index contributed by atoms with van der Waals surface area (Å²) < 4.78 is 4.98. The lowest BCUT2D eigenvalue weighted by Gasteiger charge is -2.25. The van der Waals surface area contributed by atoms with Gasteiger partial charge >= 0.3 is 5.97 Å². The first-order valence-electron chi connectivity index (χ1n) is 7.83. The van der Waals surface area contributed by atoms with Crippen LogP contribution in [-0.2, 0) is 9.53 Å². The summed E-state index contributed by atoms with van der Waals surface area (Å²) in [6.45, 7) is 1.39. The number of nitrogens with two attached hydrogens (primary N) is 1. The van der Waals surface area contributed by atoms with E-state index in [1.54, 1.807) is 7.05 Å². The SMILES string of the molecule is CC(c1ccccc1)N(C)C(=O)COC(=O)c1ccc(N)c([N+](=O)[O-])c1. The van der Waals surface area contributed by atoms with Crippen molar-refractivity contribution in [1.29, 1.82) is 0 Å². The van der Waals surface area contributed by atoms with Gasteiger partial charge in [-0.1, -0.05) is 30.3 Å². The topological polar surface area (TPSA) is 116 Å². The van der Waals surface area contributed by atoms with E-state index in [2.05, 4.69) is 0 Å². The summed E-state index contributed by atoms with van der Waals surface area (Å²) in [5, 5.41) is 10.9. The largest absolute Gasteiger partial charge is 0.452 e. The first kappa shape index (κ1) is 18.9. The molecule has 0 fully saturated rings. The summed E-state index contributed by atoms with van der Waals surface area (Å²) in [7, 11) is 1.61. The molecule has 0 saturated carbocycles. The number of anilines is 1. The van der Waals surface area contributed by atoms with Crippen LogP contribution >= 0.6 is 0 Å². The lowest BCUT2D eigenvalue weighted by Crippen LogP contribution is -2.33. The van der Waals surface area contributed by atoms with Crippen LogP contribution in [0.1, 0.15) is 28.9 Å². The minimum atomic E-state index is -0.831. The third-order valence-electron chi connectivity index (χ3n) is 4.05. The Labute approximate surface area is 150 Å². The van der Waals surface area contributed by atoms with E-state index in [1.807, 2.05) is 37.3 Å². The molecule has 26 heavy (non-hydrogen) atoms. The van der Waals surface area contributed by atoms with Gasteiger partial charge in [0.15, 0.2) is 6.61 Å². The zero-order valence-electron chi connectivity index (χ0n) is 14.4. The van der Waals surface area contributed by atoms with Crippen LogP contribution < -0.4 is 5.73 Å². The van der Waals surface area contributed by atoms with E-state index >= 15 is 0 Å². The average Bonchev–Trinajstić information content (AvgIpc) is 2.65. The Kier molecular flexibility index (Phi) is 5.90. The maximum absolute atomic E-state index is 12.2. The van der Waals surface area contributed by atoms with Gasteiger partial charge in [-0.3, -0.25) is 14.9 Å². The first-order chi connectivity index (χ1) is 12.3. The van der Waals surface area contributed by atoms with Crippen molar-refractivity contribution in [3.63, 3.8) is 0 Å². The van der Waals surface area contributed by atoms with E-state index < -0.39 is 17.5 Å². The van der Waals surface area contributed by atoms with Gasteiger partial charge in [0, 0.05) is 13.1 Å². The van der Waals surface area contributed by atoms with Gasteiger partial charge in [-0.2, -0.15) is 0 Å². The predicted octanol–water partition coefficient (Wildman–Crippen LogP) is 2.55. The first-order valence-corrected chi connectivity index (χ1v) is 7.83. The summed E-state index contributed by atoms with van der Waals surface area (Å²) in [5.74, 6) is -1.22. The molecule has 0 aliphatic heterocycles. The standard InChI is InChI=1S/C18H19N3O5/c1-12(13-6-4-3-5-7-13)20(2)17(22)11-26-18(23)14-8-9-15(19)16(10-14)21(24)25/h3-10,12H,11,19H2,1-2H3. The number of hydrogen-bond donors (Lipinski definition) is 1. The number of likely N-dealkylation sites (N-methyl/N-ethyl adjacent to an activating group) is 1. The zero-order valence-corrected chi connectivity index (χ0v) is 14.4. The van der Waals surface area contributed by atoms with E-state index in [0.717, 1.165) is 11.6 Å². The third-order valence-corrected chi connectivity index (χ3v) is 4.05. The molecule has 1 unspecified atom stereocenters. The van der Waals surface area contributed by atoms with Crippen molar-refractivity contribution >= 4 is 23.3 Å². The molecule has 0 aliphatic rings. The lowest BCUT2D eigenvalue weighted by atomic mass is 10.1. The number of nitro benzene ring substituents is 1. The van der Waals surface area contributed by atoms with Gasteiger partial charge in [-0.15, -0.1) is 0 Å². The highest BCUT2D eigenvalue weighted by atomic mass is 16.6. The Hall–Kier alpha value is -3.42. The lowest BCUT2D eigenvalue weighted by molar-refractivity contribution is -0.383. The summed E-state index contributed by atoms with van der Waals surface area (Å²) in [5.41, 5.74) is 5.95. The molecule has 2 aromatic rings. The number of nitrogen functional groups attached to an aromatic ring is 1. The summed E-state index contributed by atoms with van der Waals surface area (Å²) in [6.07, 6.45) is 0. The van der Waals surface area contributed by atoms with Crippen LogP contribution in [0.2, 0.25) is 0 Å². The van der Waals surface area contributed by atoms with Crippen LogP contribution in [0.5, 0.6) is 0 Å². The molecule has 0 aromatic heterocycles. The summed E-state index contributed by atoms with van der Waals surface area (Å²) in [4.78, 5) is 35.9. The van der Waals surface area contributed by atoms with Crippen LogP contribution in [0.15, 0.2) is 48.5 Å². The molecule has 1 atom stereocenters. The van der Waals surface area contributed by atoms with Crippen molar-refractivity contribution in [2.45, 2.75) is 13.0 Å². The van der Waals surface area contributed by atoms with Gasteiger partial charge in [0.05, 0.1) is 16.5 Å². The Balaban J connectivity index is 1.99. The van der Waals surface area contributed by atoms with E-state index in [0.29, 0.717) is 0 Å². The fraction of sp³-hybridized carbons (Fsp3) is 0.222. The van der Waals surface area contributed by atoms with Crippen molar-refractivity contribution in [2.24, 2.45) is 0 Å². The minimum absolute atomic E-state index is 0.0440. The highest BCUT2D eigenvalue weighted by Crippen LogP contribution is 2.23.